The fraction of sp³-hybridized carbons (Fsp3) is 0.167. The summed E-state index contributed by atoms with van der Waals surface area (Å²) in [7, 11) is 1.66. The Morgan fingerprint density at radius 2 is 1.28 bits per heavy atom. The Labute approximate surface area is 215 Å². The minimum Gasteiger partial charge on any atom is -0.497 e. The number of benzene rings is 2. The second-order valence-electron chi connectivity index (χ2n) is 7.20. The van der Waals surface area contributed by atoms with E-state index in [9.17, 15) is 0 Å². The molecule has 188 valence electrons. The molecule has 0 atom stereocenters. The second-order valence-corrected chi connectivity index (χ2v) is 7.59. The molecule has 4 aromatic rings. The van der Waals surface area contributed by atoms with Crippen molar-refractivity contribution in [2.24, 2.45) is 0 Å². The molecule has 0 radical (unpaired) electrons. The van der Waals surface area contributed by atoms with Gasteiger partial charge >= 0.3 is 7.12 Å². The lowest BCUT2D eigenvalue weighted by molar-refractivity contribution is 0.403. The Morgan fingerprint density at radius 3 is 1.78 bits per heavy atom. The maximum Gasteiger partial charge on any atom is 0.492 e. The number of nitrogen functional groups attached to an aromatic ring is 2. The van der Waals surface area contributed by atoms with E-state index in [2.05, 4.69) is 19.9 Å². The van der Waals surface area contributed by atoms with Crippen molar-refractivity contribution in [2.75, 3.05) is 25.7 Å². The van der Waals surface area contributed by atoms with Gasteiger partial charge in [0.05, 0.1) is 19.9 Å². The predicted octanol–water partition coefficient (Wildman–Crippen LogP) is 2.44. The van der Waals surface area contributed by atoms with Crippen LogP contribution in [-0.2, 0) is 0 Å². The average Bonchev–Trinajstić information content (AvgIpc) is 2.83. The Kier molecular flexibility index (Phi) is 10.9. The fourth-order valence-corrected chi connectivity index (χ4v) is 3.25. The Bertz CT molecular complexity index is 1210. The lowest BCUT2D eigenvalue weighted by atomic mass is 9.80. The van der Waals surface area contributed by atoms with Gasteiger partial charge in [0.1, 0.15) is 39.9 Å². The molecule has 0 fully saturated rings. The van der Waals surface area contributed by atoms with Crippen LogP contribution >= 0.6 is 11.6 Å². The van der Waals surface area contributed by atoms with E-state index in [0.717, 1.165) is 17.0 Å². The summed E-state index contributed by atoms with van der Waals surface area (Å²) in [4.78, 5) is 16.0. The van der Waals surface area contributed by atoms with Gasteiger partial charge < -0.3 is 31.0 Å². The molecule has 0 amide bonds. The van der Waals surface area contributed by atoms with Gasteiger partial charge in [-0.25, -0.2) is 19.9 Å². The molecule has 36 heavy (non-hydrogen) atoms. The van der Waals surface area contributed by atoms with Crippen molar-refractivity contribution in [2.45, 2.75) is 13.8 Å². The number of anilines is 2. The van der Waals surface area contributed by atoms with Crippen molar-refractivity contribution < 1.29 is 19.5 Å². The number of aromatic nitrogens is 4. The molecule has 0 bridgehead atoms. The number of hydrogen-bond donors (Lipinski definition) is 4. The first-order valence-corrected chi connectivity index (χ1v) is 11.0. The number of para-hydroxylation sites is 2. The molecular weight excluding hydrogens is 483 g/mol. The van der Waals surface area contributed by atoms with E-state index in [0.29, 0.717) is 39.6 Å². The van der Waals surface area contributed by atoms with Crippen LogP contribution in [0.3, 0.4) is 0 Å². The number of methoxy groups -OCH3 is 2. The first kappa shape index (κ1) is 28.3. The third-order valence-corrected chi connectivity index (χ3v) is 4.68. The zero-order chi connectivity index (χ0) is 26.7. The zero-order valence-electron chi connectivity index (χ0n) is 20.4. The topological polar surface area (TPSA) is 163 Å². The third kappa shape index (κ3) is 8.69. The molecule has 2 aromatic heterocycles. The van der Waals surface area contributed by atoms with Gasteiger partial charge in [0.15, 0.2) is 0 Å². The summed E-state index contributed by atoms with van der Waals surface area (Å²) in [6, 6.07) is 17.7. The van der Waals surface area contributed by atoms with E-state index in [1.165, 1.54) is 13.2 Å². The molecule has 0 spiro atoms. The van der Waals surface area contributed by atoms with Gasteiger partial charge in [-0.15, -0.1) is 0 Å². The molecule has 0 aliphatic heterocycles. The summed E-state index contributed by atoms with van der Waals surface area (Å²) in [5.41, 5.74) is 13.1. The fourth-order valence-electron chi connectivity index (χ4n) is 3.02. The number of aryl methyl sites for hydroxylation is 2. The standard InChI is InChI=1S/C12H13N3O.C7H9BO3.C5H6ClN3/c1-8-14-10(7-12(13)15-8)9-5-3-4-6-11(9)16-2;1-11-7-5-3-2-4-6(7)8(9)10;1-3-8-4(6)2-5(7)9-3/h3-7H,1-2H3,(H2,13,14,15);2-5,9-10H,1H3;2H,1H3,(H2,7,8,9). The molecule has 0 saturated heterocycles. The number of rotatable bonds is 4. The summed E-state index contributed by atoms with van der Waals surface area (Å²) >= 11 is 5.52. The summed E-state index contributed by atoms with van der Waals surface area (Å²) in [6.07, 6.45) is 0. The maximum absolute atomic E-state index is 8.81. The van der Waals surface area contributed by atoms with E-state index in [4.69, 9.17) is 42.6 Å². The molecule has 2 aromatic carbocycles. The largest absolute Gasteiger partial charge is 0.497 e. The van der Waals surface area contributed by atoms with Crippen molar-refractivity contribution in [3.05, 3.63) is 77.5 Å². The van der Waals surface area contributed by atoms with E-state index >= 15 is 0 Å². The molecule has 6 N–H and O–H groups in total. The SMILES string of the molecule is COc1ccccc1-c1cc(N)nc(C)n1.COc1ccccc1B(O)O.Cc1nc(N)cc(Cl)n1. The molecular formula is C24H28BClN6O4. The van der Waals surface area contributed by atoms with Crippen molar-refractivity contribution >= 4 is 35.8 Å². The van der Waals surface area contributed by atoms with Crippen LogP contribution in [0, 0.1) is 13.8 Å². The molecule has 12 heteroatoms. The molecule has 0 saturated carbocycles. The minimum atomic E-state index is -1.47. The van der Waals surface area contributed by atoms with Gasteiger partial charge in [-0.1, -0.05) is 41.9 Å². The molecule has 10 nitrogen and oxygen atoms in total. The Morgan fingerprint density at radius 1 is 0.750 bits per heavy atom. The van der Waals surface area contributed by atoms with Crippen LogP contribution in [0.1, 0.15) is 11.6 Å². The van der Waals surface area contributed by atoms with E-state index in [1.54, 1.807) is 44.4 Å². The van der Waals surface area contributed by atoms with Crippen molar-refractivity contribution in [3.63, 3.8) is 0 Å². The summed E-state index contributed by atoms with van der Waals surface area (Å²) in [5, 5.41) is 18.0. The minimum absolute atomic E-state index is 0.384. The van der Waals surface area contributed by atoms with Crippen LogP contribution in [0.5, 0.6) is 11.5 Å². The quantitative estimate of drug-likeness (QED) is 0.237. The number of ether oxygens (including phenoxy) is 2. The molecule has 0 aliphatic carbocycles. The Hall–Kier alpha value is -3.93. The monoisotopic (exact) mass is 510 g/mol. The van der Waals surface area contributed by atoms with Crippen molar-refractivity contribution in [3.8, 4) is 22.8 Å². The van der Waals surface area contributed by atoms with Gasteiger partial charge in [0.2, 0.25) is 0 Å². The summed E-state index contributed by atoms with van der Waals surface area (Å²) in [6.45, 7) is 3.55. The Balaban J connectivity index is 0.000000200. The summed E-state index contributed by atoms with van der Waals surface area (Å²) < 4.78 is 10.2. The van der Waals surface area contributed by atoms with Crippen LogP contribution in [0.15, 0.2) is 60.7 Å². The maximum atomic E-state index is 8.81. The van der Waals surface area contributed by atoms with Gasteiger partial charge in [-0.05, 0) is 32.0 Å². The number of halogens is 1. The van der Waals surface area contributed by atoms with Gasteiger partial charge in [0, 0.05) is 23.2 Å². The number of nitrogens with two attached hydrogens (primary N) is 2. The highest BCUT2D eigenvalue weighted by Gasteiger charge is 2.15. The summed E-state index contributed by atoms with van der Waals surface area (Å²) in [5.74, 6) is 3.39. The average molecular weight is 511 g/mol. The highest BCUT2D eigenvalue weighted by atomic mass is 35.5. The molecule has 4 rings (SSSR count). The first-order valence-electron chi connectivity index (χ1n) is 10.6. The second kappa shape index (κ2) is 13.8. The van der Waals surface area contributed by atoms with E-state index in [1.807, 2.05) is 31.2 Å². The van der Waals surface area contributed by atoms with Crippen LogP contribution in [0.2, 0.25) is 5.15 Å². The smallest absolute Gasteiger partial charge is 0.492 e. The lowest BCUT2D eigenvalue weighted by Crippen LogP contribution is -2.30. The van der Waals surface area contributed by atoms with Crippen molar-refractivity contribution in [1.29, 1.82) is 0 Å². The van der Waals surface area contributed by atoms with Gasteiger partial charge in [-0.2, -0.15) is 0 Å². The molecule has 0 aliphatic rings. The van der Waals surface area contributed by atoms with E-state index in [-0.39, 0.29) is 0 Å². The highest BCUT2D eigenvalue weighted by molar-refractivity contribution is 6.59. The number of hydrogen-bond acceptors (Lipinski definition) is 10. The van der Waals surface area contributed by atoms with Crippen LogP contribution < -0.4 is 26.4 Å². The molecule has 2 heterocycles. The third-order valence-electron chi connectivity index (χ3n) is 4.48. The van der Waals surface area contributed by atoms with Gasteiger partial charge in [-0.3, -0.25) is 0 Å². The molecule has 0 unspecified atom stereocenters. The van der Waals surface area contributed by atoms with Crippen LogP contribution in [0.4, 0.5) is 11.6 Å². The van der Waals surface area contributed by atoms with Gasteiger partial charge in [0.25, 0.3) is 0 Å². The van der Waals surface area contributed by atoms with Crippen molar-refractivity contribution in [1.82, 2.24) is 19.9 Å². The predicted molar refractivity (Wildman–Crippen MR) is 142 cm³/mol. The van der Waals surface area contributed by atoms with Crippen LogP contribution in [-0.4, -0.2) is 51.3 Å². The van der Waals surface area contributed by atoms with E-state index < -0.39 is 7.12 Å². The lowest BCUT2D eigenvalue weighted by Gasteiger charge is -2.08. The zero-order valence-corrected chi connectivity index (χ0v) is 21.1. The normalized spacial score (nSPS) is 9.75. The number of nitrogens with zero attached hydrogens (tertiary/aromatic N) is 4. The first-order chi connectivity index (χ1) is 17.1. The van der Waals surface area contributed by atoms with Crippen LogP contribution in [0.25, 0.3) is 11.3 Å². The highest BCUT2D eigenvalue weighted by Crippen LogP contribution is 2.28.